The number of benzene rings is 1. The van der Waals surface area contributed by atoms with E-state index in [9.17, 15) is 12.8 Å². The lowest BCUT2D eigenvalue weighted by atomic mass is 10.2. The van der Waals surface area contributed by atoms with Crippen LogP contribution in [0.25, 0.3) is 0 Å². The Bertz CT molecular complexity index is 630. The van der Waals surface area contributed by atoms with Gasteiger partial charge in [-0.1, -0.05) is 22.9 Å². The quantitative estimate of drug-likeness (QED) is 0.717. The first-order chi connectivity index (χ1) is 9.77. The molecule has 1 aromatic carbocycles. The van der Waals surface area contributed by atoms with Gasteiger partial charge in [-0.15, -0.1) is 0 Å². The molecule has 0 radical (unpaired) electrons. The number of hydrogen-bond acceptors (Lipinski definition) is 3. The molecule has 0 atom stereocenters. The Kier molecular flexibility index (Phi) is 5.07. The topological polar surface area (TPSA) is 58.2 Å². The predicted molar refractivity (Wildman–Crippen MR) is 84.1 cm³/mol. The van der Waals surface area contributed by atoms with Gasteiger partial charge in [0.1, 0.15) is 10.7 Å². The second-order valence-electron chi connectivity index (χ2n) is 5.72. The van der Waals surface area contributed by atoms with Crippen molar-refractivity contribution in [2.45, 2.75) is 50.1 Å². The smallest absolute Gasteiger partial charge is 0.244 e. The molecular formula is C14H20BrFN2O2S. The number of nitrogens with one attached hydrogen (secondary N) is 2. The van der Waals surface area contributed by atoms with Crippen LogP contribution in [-0.2, 0) is 16.6 Å². The monoisotopic (exact) mass is 378 g/mol. The maximum absolute atomic E-state index is 14.5. The van der Waals surface area contributed by atoms with E-state index in [1.54, 1.807) is 6.07 Å². The SMILES string of the molecule is CCCNCc1cc(Br)cc(S(=O)(=O)NC2(C)CC2)c1F. The van der Waals surface area contributed by atoms with Crippen LogP contribution in [-0.4, -0.2) is 20.5 Å². The maximum Gasteiger partial charge on any atom is 0.244 e. The second kappa shape index (κ2) is 6.32. The Morgan fingerprint density at radius 3 is 2.62 bits per heavy atom. The Hall–Kier alpha value is -0.500. The van der Waals surface area contributed by atoms with Crippen molar-refractivity contribution in [2.24, 2.45) is 0 Å². The van der Waals surface area contributed by atoms with Crippen molar-refractivity contribution in [3.63, 3.8) is 0 Å². The Labute approximate surface area is 133 Å². The van der Waals surface area contributed by atoms with Crippen LogP contribution in [0.1, 0.15) is 38.7 Å². The molecule has 1 aromatic rings. The third-order valence-electron chi connectivity index (χ3n) is 3.49. The molecule has 1 saturated carbocycles. The highest BCUT2D eigenvalue weighted by atomic mass is 79.9. The van der Waals surface area contributed by atoms with Gasteiger partial charge >= 0.3 is 0 Å². The summed E-state index contributed by atoms with van der Waals surface area (Å²) in [4.78, 5) is -0.293. The van der Waals surface area contributed by atoms with Crippen LogP contribution in [0, 0.1) is 5.82 Å². The molecule has 0 aliphatic heterocycles. The van der Waals surface area contributed by atoms with Crippen LogP contribution in [0.3, 0.4) is 0 Å². The predicted octanol–water partition coefficient (Wildman–Crippen LogP) is 2.92. The average molecular weight is 379 g/mol. The number of halogens is 2. The summed E-state index contributed by atoms with van der Waals surface area (Å²) in [5, 5.41) is 3.08. The highest BCUT2D eigenvalue weighted by Crippen LogP contribution is 2.36. The van der Waals surface area contributed by atoms with Gasteiger partial charge in [-0.3, -0.25) is 0 Å². The van der Waals surface area contributed by atoms with Gasteiger partial charge in [-0.2, -0.15) is 0 Å². The largest absolute Gasteiger partial charge is 0.313 e. The molecule has 0 amide bonds. The molecule has 0 bridgehead atoms. The summed E-state index contributed by atoms with van der Waals surface area (Å²) in [6.45, 7) is 4.90. The minimum absolute atomic E-state index is 0.293. The minimum Gasteiger partial charge on any atom is -0.313 e. The van der Waals surface area contributed by atoms with Gasteiger partial charge in [-0.25, -0.2) is 17.5 Å². The van der Waals surface area contributed by atoms with E-state index in [1.165, 1.54) is 6.07 Å². The van der Waals surface area contributed by atoms with E-state index in [0.29, 0.717) is 16.6 Å². The lowest BCUT2D eigenvalue weighted by molar-refractivity contribution is 0.530. The third kappa shape index (κ3) is 4.25. The fourth-order valence-electron chi connectivity index (χ4n) is 2.01. The Morgan fingerprint density at radius 2 is 2.05 bits per heavy atom. The highest BCUT2D eigenvalue weighted by Gasteiger charge is 2.42. The Balaban J connectivity index is 2.30. The summed E-state index contributed by atoms with van der Waals surface area (Å²) in [6, 6.07) is 2.92. The van der Waals surface area contributed by atoms with Gasteiger partial charge in [0.15, 0.2) is 0 Å². The molecule has 118 valence electrons. The first kappa shape index (κ1) is 16.9. The van der Waals surface area contributed by atoms with E-state index in [-0.39, 0.29) is 4.90 Å². The van der Waals surface area contributed by atoms with Gasteiger partial charge in [0.2, 0.25) is 10.0 Å². The molecule has 1 aliphatic rings. The van der Waals surface area contributed by atoms with Crippen LogP contribution in [0.4, 0.5) is 4.39 Å². The molecular weight excluding hydrogens is 359 g/mol. The van der Waals surface area contributed by atoms with Crippen LogP contribution in [0.5, 0.6) is 0 Å². The molecule has 21 heavy (non-hydrogen) atoms. The summed E-state index contributed by atoms with van der Waals surface area (Å²) in [5.74, 6) is -0.682. The average Bonchev–Trinajstić information content (AvgIpc) is 3.09. The van der Waals surface area contributed by atoms with Crippen molar-refractivity contribution >= 4 is 26.0 Å². The summed E-state index contributed by atoms with van der Waals surface area (Å²) in [7, 11) is -3.84. The summed E-state index contributed by atoms with van der Waals surface area (Å²) in [5.41, 5.74) is -0.0760. The number of rotatable bonds is 7. The van der Waals surface area contributed by atoms with Crippen molar-refractivity contribution in [1.29, 1.82) is 0 Å². The van der Waals surface area contributed by atoms with Gasteiger partial charge in [0.05, 0.1) is 0 Å². The Morgan fingerprint density at radius 1 is 1.38 bits per heavy atom. The molecule has 1 fully saturated rings. The van der Waals surface area contributed by atoms with E-state index < -0.39 is 21.4 Å². The van der Waals surface area contributed by atoms with Gasteiger partial charge in [0.25, 0.3) is 0 Å². The molecule has 0 spiro atoms. The van der Waals surface area contributed by atoms with E-state index in [2.05, 4.69) is 26.0 Å². The fraction of sp³-hybridized carbons (Fsp3) is 0.571. The summed E-state index contributed by atoms with van der Waals surface area (Å²) < 4.78 is 42.3. The first-order valence-electron chi connectivity index (χ1n) is 7.00. The molecule has 4 nitrogen and oxygen atoms in total. The van der Waals surface area contributed by atoms with Crippen LogP contribution < -0.4 is 10.0 Å². The van der Waals surface area contributed by atoms with Crippen LogP contribution in [0.2, 0.25) is 0 Å². The number of sulfonamides is 1. The zero-order valence-electron chi connectivity index (χ0n) is 12.2. The van der Waals surface area contributed by atoms with E-state index in [1.807, 2.05) is 13.8 Å². The fourth-order valence-corrected chi connectivity index (χ4v) is 4.28. The third-order valence-corrected chi connectivity index (χ3v) is 5.59. The zero-order chi connectivity index (χ0) is 15.7. The van der Waals surface area contributed by atoms with E-state index in [4.69, 9.17) is 0 Å². The molecule has 0 saturated heterocycles. The maximum atomic E-state index is 14.5. The molecule has 2 rings (SSSR count). The standard InChI is InChI=1S/C14H20BrFN2O2S/c1-3-6-17-9-10-7-11(15)8-12(13(10)16)21(19,20)18-14(2)4-5-14/h7-8,17-18H,3-6,9H2,1-2H3. The first-order valence-corrected chi connectivity index (χ1v) is 9.28. The molecule has 1 aliphatic carbocycles. The summed E-state index contributed by atoms with van der Waals surface area (Å²) in [6.07, 6.45) is 2.50. The zero-order valence-corrected chi connectivity index (χ0v) is 14.6. The molecule has 7 heteroatoms. The van der Waals surface area contributed by atoms with Crippen LogP contribution in [0.15, 0.2) is 21.5 Å². The lowest BCUT2D eigenvalue weighted by Gasteiger charge is -2.15. The van der Waals surface area contributed by atoms with Gasteiger partial charge in [0, 0.05) is 22.1 Å². The molecule has 0 heterocycles. The van der Waals surface area contributed by atoms with Crippen molar-refractivity contribution in [3.8, 4) is 0 Å². The van der Waals surface area contributed by atoms with E-state index in [0.717, 1.165) is 25.8 Å². The van der Waals surface area contributed by atoms with Crippen molar-refractivity contribution in [2.75, 3.05) is 6.54 Å². The van der Waals surface area contributed by atoms with Gasteiger partial charge in [-0.05, 0) is 44.9 Å². The van der Waals surface area contributed by atoms with Crippen molar-refractivity contribution in [1.82, 2.24) is 10.0 Å². The number of hydrogen-bond donors (Lipinski definition) is 2. The minimum atomic E-state index is -3.84. The van der Waals surface area contributed by atoms with Crippen molar-refractivity contribution in [3.05, 3.63) is 28.0 Å². The van der Waals surface area contributed by atoms with Crippen molar-refractivity contribution < 1.29 is 12.8 Å². The van der Waals surface area contributed by atoms with Gasteiger partial charge < -0.3 is 5.32 Å². The highest BCUT2D eigenvalue weighted by molar-refractivity contribution is 9.10. The molecule has 2 N–H and O–H groups in total. The second-order valence-corrected chi connectivity index (χ2v) is 8.29. The summed E-state index contributed by atoms with van der Waals surface area (Å²) >= 11 is 3.26. The van der Waals surface area contributed by atoms with E-state index >= 15 is 0 Å². The normalized spacial score (nSPS) is 17.0. The lowest BCUT2D eigenvalue weighted by Crippen LogP contribution is -2.35. The van der Waals surface area contributed by atoms with Crippen LogP contribution >= 0.6 is 15.9 Å². The molecule has 0 aromatic heterocycles. The molecule has 0 unspecified atom stereocenters.